The molecule has 1 amide bonds. The molecule has 0 aliphatic carbocycles. The van der Waals surface area contributed by atoms with Gasteiger partial charge in [-0.1, -0.05) is 30.3 Å². The number of halogens is 3. The summed E-state index contributed by atoms with van der Waals surface area (Å²) in [6.45, 7) is 3.45. The quantitative estimate of drug-likeness (QED) is 0.904. The molecule has 0 saturated heterocycles. The number of amides is 1. The molecular weight excluding hydrogens is 331 g/mol. The summed E-state index contributed by atoms with van der Waals surface area (Å²) < 4.78 is 40.6. The van der Waals surface area contributed by atoms with Crippen LogP contribution in [0.2, 0.25) is 0 Å². The van der Waals surface area contributed by atoms with Gasteiger partial charge in [0, 0.05) is 18.2 Å². The molecule has 3 nitrogen and oxygen atoms in total. The maximum atomic E-state index is 13.5. The molecule has 2 aromatic rings. The van der Waals surface area contributed by atoms with Gasteiger partial charge in [0.1, 0.15) is 6.10 Å². The zero-order valence-electron chi connectivity index (χ0n) is 13.8. The van der Waals surface area contributed by atoms with Crippen LogP contribution in [-0.4, -0.2) is 22.0 Å². The summed E-state index contributed by atoms with van der Waals surface area (Å²) >= 11 is 0. The van der Waals surface area contributed by atoms with Gasteiger partial charge >= 0.3 is 6.18 Å². The molecule has 1 aliphatic heterocycles. The van der Waals surface area contributed by atoms with E-state index < -0.39 is 23.8 Å². The van der Waals surface area contributed by atoms with Crippen molar-refractivity contribution in [2.45, 2.75) is 38.7 Å². The molecule has 0 spiro atoms. The first-order valence-electron chi connectivity index (χ1n) is 7.98. The second-order valence-corrected chi connectivity index (χ2v) is 6.43. The molecule has 25 heavy (non-hydrogen) atoms. The SMILES string of the molecule is CC(C)N1Cc2c(cc(C(O)c3ccccc3)cc2C(F)(F)F)C1=O. The van der Waals surface area contributed by atoms with Crippen molar-refractivity contribution in [3.63, 3.8) is 0 Å². The molecule has 0 fully saturated rings. The van der Waals surface area contributed by atoms with Gasteiger partial charge in [-0.25, -0.2) is 0 Å². The summed E-state index contributed by atoms with van der Waals surface area (Å²) in [5, 5.41) is 10.5. The van der Waals surface area contributed by atoms with E-state index in [4.69, 9.17) is 0 Å². The second-order valence-electron chi connectivity index (χ2n) is 6.43. The first kappa shape index (κ1) is 17.5. The Bertz CT molecular complexity index is 800. The first-order valence-corrected chi connectivity index (χ1v) is 7.98. The van der Waals surface area contributed by atoms with Gasteiger partial charge in [-0.2, -0.15) is 13.2 Å². The zero-order valence-corrected chi connectivity index (χ0v) is 13.8. The third kappa shape index (κ3) is 3.14. The molecule has 3 rings (SSSR count). The van der Waals surface area contributed by atoms with Crippen LogP contribution in [0.5, 0.6) is 0 Å². The fourth-order valence-corrected chi connectivity index (χ4v) is 3.11. The summed E-state index contributed by atoms with van der Waals surface area (Å²) in [5.74, 6) is -0.433. The van der Waals surface area contributed by atoms with Crippen LogP contribution in [0.1, 0.15) is 52.6 Å². The topological polar surface area (TPSA) is 40.5 Å². The van der Waals surface area contributed by atoms with E-state index in [-0.39, 0.29) is 29.3 Å². The molecule has 1 unspecified atom stereocenters. The lowest BCUT2D eigenvalue weighted by Crippen LogP contribution is -2.30. The molecule has 1 atom stereocenters. The van der Waals surface area contributed by atoms with Gasteiger partial charge < -0.3 is 10.0 Å². The van der Waals surface area contributed by atoms with Crippen molar-refractivity contribution in [1.82, 2.24) is 4.90 Å². The number of carbonyl (C=O) groups excluding carboxylic acids is 1. The Labute approximate surface area is 143 Å². The highest BCUT2D eigenvalue weighted by atomic mass is 19.4. The van der Waals surface area contributed by atoms with Crippen molar-refractivity contribution >= 4 is 5.91 Å². The van der Waals surface area contributed by atoms with Gasteiger partial charge in [0.2, 0.25) is 0 Å². The van der Waals surface area contributed by atoms with Crippen LogP contribution in [-0.2, 0) is 12.7 Å². The standard InChI is InChI=1S/C19H18F3NO2/c1-11(2)23-10-15-14(18(23)25)8-13(9-16(15)19(20,21)22)17(24)12-6-4-3-5-7-12/h3-9,11,17,24H,10H2,1-2H3. The van der Waals surface area contributed by atoms with Crippen molar-refractivity contribution in [1.29, 1.82) is 0 Å². The lowest BCUT2D eigenvalue weighted by Gasteiger charge is -2.20. The van der Waals surface area contributed by atoms with Crippen molar-refractivity contribution in [3.05, 3.63) is 70.3 Å². The predicted octanol–water partition coefficient (Wildman–Crippen LogP) is 4.15. The minimum absolute atomic E-state index is 0.0183. The number of carbonyl (C=O) groups is 1. The average Bonchev–Trinajstić information content (AvgIpc) is 2.90. The van der Waals surface area contributed by atoms with Gasteiger partial charge in [0.05, 0.1) is 5.56 Å². The number of hydrogen-bond donors (Lipinski definition) is 1. The maximum absolute atomic E-state index is 13.5. The normalized spacial score (nSPS) is 15.6. The smallest absolute Gasteiger partial charge is 0.384 e. The van der Waals surface area contributed by atoms with E-state index in [9.17, 15) is 23.1 Å². The summed E-state index contributed by atoms with van der Waals surface area (Å²) in [4.78, 5) is 13.9. The molecule has 0 aromatic heterocycles. The second kappa shape index (κ2) is 6.19. The lowest BCUT2D eigenvalue weighted by molar-refractivity contribution is -0.138. The molecule has 0 saturated carbocycles. The molecular formula is C19H18F3NO2. The minimum atomic E-state index is -4.59. The Hall–Kier alpha value is -2.34. The fraction of sp³-hybridized carbons (Fsp3) is 0.316. The van der Waals surface area contributed by atoms with E-state index in [0.29, 0.717) is 5.56 Å². The van der Waals surface area contributed by atoms with E-state index in [1.54, 1.807) is 44.2 Å². The lowest BCUT2D eigenvalue weighted by atomic mass is 9.93. The number of rotatable bonds is 3. The number of fused-ring (bicyclic) bond motifs is 1. The highest BCUT2D eigenvalue weighted by Crippen LogP contribution is 2.40. The van der Waals surface area contributed by atoms with Gasteiger partial charge in [0.25, 0.3) is 5.91 Å². The zero-order chi connectivity index (χ0) is 18.4. The maximum Gasteiger partial charge on any atom is 0.416 e. The predicted molar refractivity (Wildman–Crippen MR) is 87.0 cm³/mol. The Morgan fingerprint density at radius 1 is 1.08 bits per heavy atom. The Morgan fingerprint density at radius 2 is 1.72 bits per heavy atom. The number of hydrogen-bond acceptors (Lipinski definition) is 2. The number of benzene rings is 2. The van der Waals surface area contributed by atoms with Gasteiger partial charge in [-0.05, 0) is 42.7 Å². The van der Waals surface area contributed by atoms with E-state index in [1.807, 2.05) is 0 Å². The highest BCUT2D eigenvalue weighted by Gasteiger charge is 2.41. The molecule has 2 aromatic carbocycles. The molecule has 1 aliphatic rings. The van der Waals surface area contributed by atoms with Crippen molar-refractivity contribution in [3.8, 4) is 0 Å². The van der Waals surface area contributed by atoms with Crippen LogP contribution in [0.4, 0.5) is 13.2 Å². The van der Waals surface area contributed by atoms with E-state index in [1.165, 1.54) is 11.0 Å². The fourth-order valence-electron chi connectivity index (χ4n) is 3.11. The van der Waals surface area contributed by atoms with E-state index in [2.05, 4.69) is 0 Å². The van der Waals surface area contributed by atoms with Gasteiger partial charge in [0.15, 0.2) is 0 Å². The largest absolute Gasteiger partial charge is 0.416 e. The van der Waals surface area contributed by atoms with Crippen molar-refractivity contribution in [2.75, 3.05) is 0 Å². The number of aliphatic hydroxyl groups is 1. The summed E-state index contributed by atoms with van der Waals surface area (Å²) in [7, 11) is 0. The Balaban J connectivity index is 2.14. The third-order valence-corrected chi connectivity index (χ3v) is 4.45. The first-order chi connectivity index (χ1) is 11.7. The number of nitrogens with zero attached hydrogens (tertiary/aromatic N) is 1. The molecule has 0 radical (unpaired) electrons. The van der Waals surface area contributed by atoms with Crippen LogP contribution in [0, 0.1) is 0 Å². The monoisotopic (exact) mass is 349 g/mol. The van der Waals surface area contributed by atoms with Crippen LogP contribution < -0.4 is 0 Å². The molecule has 1 heterocycles. The number of alkyl halides is 3. The summed E-state index contributed by atoms with van der Waals surface area (Å²) in [6.07, 6.45) is -5.82. The van der Waals surface area contributed by atoms with Crippen LogP contribution in [0.15, 0.2) is 42.5 Å². The average molecular weight is 349 g/mol. The molecule has 0 bridgehead atoms. The van der Waals surface area contributed by atoms with Crippen molar-refractivity contribution < 1.29 is 23.1 Å². The van der Waals surface area contributed by atoms with E-state index >= 15 is 0 Å². The van der Waals surface area contributed by atoms with Gasteiger partial charge in [-0.15, -0.1) is 0 Å². The Kier molecular flexibility index (Phi) is 4.33. The molecule has 6 heteroatoms. The number of aliphatic hydroxyl groups excluding tert-OH is 1. The molecule has 132 valence electrons. The summed E-state index contributed by atoms with van der Waals surface area (Å²) in [5.41, 5.74) is -0.312. The molecule has 1 N–H and O–H groups in total. The highest BCUT2D eigenvalue weighted by molar-refractivity contribution is 5.99. The van der Waals surface area contributed by atoms with Gasteiger partial charge in [-0.3, -0.25) is 4.79 Å². The van der Waals surface area contributed by atoms with Crippen molar-refractivity contribution in [2.24, 2.45) is 0 Å². The Morgan fingerprint density at radius 3 is 2.28 bits per heavy atom. The van der Waals surface area contributed by atoms with Crippen LogP contribution in [0.3, 0.4) is 0 Å². The van der Waals surface area contributed by atoms with E-state index in [0.717, 1.165) is 6.07 Å². The minimum Gasteiger partial charge on any atom is -0.384 e. The van der Waals surface area contributed by atoms with Crippen LogP contribution in [0.25, 0.3) is 0 Å². The summed E-state index contributed by atoms with van der Waals surface area (Å²) in [6, 6.07) is 10.5. The van der Waals surface area contributed by atoms with Crippen LogP contribution >= 0.6 is 0 Å². The third-order valence-electron chi connectivity index (χ3n) is 4.45.